The number of halogens is 1. The number of hydrogen-bond donors (Lipinski definition) is 0. The van der Waals surface area contributed by atoms with E-state index in [1.165, 1.54) is 12.8 Å². The van der Waals surface area contributed by atoms with Crippen molar-refractivity contribution in [1.29, 1.82) is 0 Å². The molecule has 4 aliphatic carbocycles. The van der Waals surface area contributed by atoms with E-state index in [4.69, 9.17) is 0 Å². The highest BCUT2D eigenvalue weighted by Crippen LogP contribution is 2.76. The third-order valence-corrected chi connectivity index (χ3v) is 5.37. The van der Waals surface area contributed by atoms with Crippen molar-refractivity contribution >= 4 is 22.6 Å². The first-order valence-corrected chi connectivity index (χ1v) is 5.99. The van der Waals surface area contributed by atoms with Gasteiger partial charge in [-0.25, -0.2) is 0 Å². The van der Waals surface area contributed by atoms with E-state index >= 15 is 0 Å². The second-order valence-electron chi connectivity index (χ2n) is 5.02. The molecule has 4 fully saturated rings. The Hall–Kier alpha value is 0.730. The van der Waals surface area contributed by atoms with Gasteiger partial charge in [0.15, 0.2) is 0 Å². The van der Waals surface area contributed by atoms with Crippen LogP contribution in [0, 0.1) is 11.3 Å². The lowest BCUT2D eigenvalue weighted by molar-refractivity contribution is -0.112. The van der Waals surface area contributed by atoms with Gasteiger partial charge in [0.2, 0.25) is 0 Å². The summed E-state index contributed by atoms with van der Waals surface area (Å²) >= 11 is 2.69. The fourth-order valence-electron chi connectivity index (χ4n) is 3.71. The van der Waals surface area contributed by atoms with Gasteiger partial charge in [-0.3, -0.25) is 0 Å². The molecule has 0 aliphatic heterocycles. The van der Waals surface area contributed by atoms with E-state index in [9.17, 15) is 0 Å². The van der Waals surface area contributed by atoms with Crippen LogP contribution in [0.3, 0.4) is 0 Å². The maximum absolute atomic E-state index is 2.69. The van der Waals surface area contributed by atoms with Gasteiger partial charge in [0.25, 0.3) is 0 Å². The summed E-state index contributed by atoms with van der Waals surface area (Å²) in [6.07, 6.45) is 10.9. The van der Waals surface area contributed by atoms with Crippen LogP contribution in [0.4, 0.5) is 0 Å². The Labute approximate surface area is 82.3 Å². The van der Waals surface area contributed by atoms with Gasteiger partial charge in [-0.05, 0) is 43.4 Å². The average molecular weight is 262 g/mol. The first kappa shape index (κ1) is 7.16. The van der Waals surface area contributed by atoms with Gasteiger partial charge in [0.05, 0.1) is 0 Å². The zero-order valence-electron chi connectivity index (χ0n) is 6.91. The van der Waals surface area contributed by atoms with Crippen molar-refractivity contribution in [3.05, 3.63) is 0 Å². The van der Waals surface area contributed by atoms with Gasteiger partial charge >= 0.3 is 0 Å². The molecule has 0 heterocycles. The van der Waals surface area contributed by atoms with E-state index in [1.807, 2.05) is 0 Å². The zero-order chi connectivity index (χ0) is 7.53. The van der Waals surface area contributed by atoms with Gasteiger partial charge < -0.3 is 0 Å². The van der Waals surface area contributed by atoms with Crippen molar-refractivity contribution in [1.82, 2.24) is 0 Å². The highest BCUT2D eigenvalue weighted by atomic mass is 127. The molecule has 0 nitrogen and oxygen atoms in total. The molecule has 0 radical (unpaired) electrons. The summed E-state index contributed by atoms with van der Waals surface area (Å²) in [6, 6.07) is 0. The standard InChI is InChI=1S/C10H15I/c11-10-5-9(6-10,7-10)8-3-1-2-4-8/h8H,1-7H2. The van der Waals surface area contributed by atoms with Crippen LogP contribution in [0.25, 0.3) is 0 Å². The first-order chi connectivity index (χ1) is 5.23. The molecule has 0 spiro atoms. The van der Waals surface area contributed by atoms with E-state index in [0.29, 0.717) is 0 Å². The minimum Gasteiger partial charge on any atom is -0.0788 e. The molecule has 0 atom stereocenters. The van der Waals surface area contributed by atoms with Crippen LogP contribution in [-0.2, 0) is 0 Å². The summed E-state index contributed by atoms with van der Waals surface area (Å²) in [5.74, 6) is 1.15. The number of alkyl halides is 1. The largest absolute Gasteiger partial charge is 0.0788 e. The van der Waals surface area contributed by atoms with Crippen molar-refractivity contribution in [2.24, 2.45) is 11.3 Å². The predicted octanol–water partition coefficient (Wildman–Crippen LogP) is 3.53. The lowest BCUT2D eigenvalue weighted by atomic mass is 9.40. The summed E-state index contributed by atoms with van der Waals surface area (Å²) in [5.41, 5.74) is 0.900. The Kier molecular flexibility index (Phi) is 1.28. The third kappa shape index (κ3) is 0.812. The lowest BCUT2D eigenvalue weighted by Crippen LogP contribution is -2.65. The van der Waals surface area contributed by atoms with Crippen molar-refractivity contribution < 1.29 is 0 Å². The minimum atomic E-state index is 0.806. The Balaban J connectivity index is 1.72. The van der Waals surface area contributed by atoms with Gasteiger partial charge in [0, 0.05) is 3.42 Å². The van der Waals surface area contributed by atoms with Crippen molar-refractivity contribution in [3.63, 3.8) is 0 Å². The summed E-state index contributed by atoms with van der Waals surface area (Å²) in [6.45, 7) is 0. The Morgan fingerprint density at radius 3 is 2.00 bits per heavy atom. The lowest BCUT2D eigenvalue weighted by Gasteiger charge is -2.71. The average Bonchev–Trinajstić information content (AvgIpc) is 2.28. The van der Waals surface area contributed by atoms with Crippen LogP contribution >= 0.6 is 22.6 Å². The van der Waals surface area contributed by atoms with Crippen molar-refractivity contribution in [3.8, 4) is 0 Å². The molecule has 0 unspecified atom stereocenters. The van der Waals surface area contributed by atoms with Gasteiger partial charge in [-0.15, -0.1) is 0 Å². The number of rotatable bonds is 1. The van der Waals surface area contributed by atoms with Crippen molar-refractivity contribution in [2.75, 3.05) is 0 Å². The van der Waals surface area contributed by atoms with Crippen LogP contribution in [0.5, 0.6) is 0 Å². The van der Waals surface area contributed by atoms with Crippen LogP contribution in [0.2, 0.25) is 0 Å². The van der Waals surface area contributed by atoms with Crippen LogP contribution in [0.1, 0.15) is 44.9 Å². The zero-order valence-corrected chi connectivity index (χ0v) is 9.06. The quantitative estimate of drug-likeness (QED) is 0.501. The highest BCUT2D eigenvalue weighted by Gasteiger charge is 2.68. The minimum absolute atomic E-state index is 0.806. The predicted molar refractivity (Wildman–Crippen MR) is 55.0 cm³/mol. The van der Waals surface area contributed by atoms with Gasteiger partial charge in [-0.1, -0.05) is 35.4 Å². The Morgan fingerprint density at radius 1 is 1.00 bits per heavy atom. The molecule has 0 amide bonds. The molecule has 0 saturated heterocycles. The second-order valence-corrected chi connectivity index (χ2v) is 7.31. The fourth-order valence-corrected chi connectivity index (χ4v) is 5.99. The topological polar surface area (TPSA) is 0 Å². The molecular formula is C10H15I. The van der Waals surface area contributed by atoms with Crippen molar-refractivity contribution in [2.45, 2.75) is 48.4 Å². The van der Waals surface area contributed by atoms with E-state index < -0.39 is 0 Å². The smallest absolute Gasteiger partial charge is 0.0238 e. The molecular weight excluding hydrogens is 247 g/mol. The Bertz CT molecular complexity index is 171. The monoisotopic (exact) mass is 262 g/mol. The molecule has 4 saturated carbocycles. The first-order valence-electron chi connectivity index (χ1n) is 4.92. The Morgan fingerprint density at radius 2 is 1.55 bits per heavy atom. The van der Waals surface area contributed by atoms with Gasteiger partial charge in [-0.2, -0.15) is 0 Å². The molecule has 2 bridgehead atoms. The summed E-state index contributed by atoms with van der Waals surface area (Å²) in [4.78, 5) is 0. The summed E-state index contributed by atoms with van der Waals surface area (Å²) in [5, 5.41) is 0. The van der Waals surface area contributed by atoms with Crippen LogP contribution in [0.15, 0.2) is 0 Å². The molecule has 1 heteroatoms. The SMILES string of the molecule is IC12CC(C3CCCC3)(C1)C2. The molecule has 4 rings (SSSR count). The molecule has 4 aliphatic rings. The van der Waals surface area contributed by atoms with Crippen LogP contribution in [-0.4, -0.2) is 3.42 Å². The van der Waals surface area contributed by atoms with E-state index in [0.717, 1.165) is 14.8 Å². The number of hydrogen-bond acceptors (Lipinski definition) is 0. The normalized spacial score (nSPS) is 55.4. The maximum Gasteiger partial charge on any atom is 0.0238 e. The van der Waals surface area contributed by atoms with E-state index in [1.54, 1.807) is 32.1 Å². The molecule has 0 aromatic heterocycles. The molecule has 11 heavy (non-hydrogen) atoms. The second kappa shape index (κ2) is 1.97. The van der Waals surface area contributed by atoms with E-state index in [2.05, 4.69) is 22.6 Å². The maximum atomic E-state index is 2.69. The summed E-state index contributed by atoms with van der Waals surface area (Å²) < 4.78 is 0.806. The fraction of sp³-hybridized carbons (Fsp3) is 1.00. The highest BCUT2D eigenvalue weighted by molar-refractivity contribution is 14.1. The van der Waals surface area contributed by atoms with E-state index in [-0.39, 0.29) is 0 Å². The molecule has 0 aromatic carbocycles. The molecule has 62 valence electrons. The van der Waals surface area contributed by atoms with Crippen LogP contribution < -0.4 is 0 Å². The third-order valence-electron chi connectivity index (χ3n) is 4.23. The molecule has 0 N–H and O–H groups in total. The van der Waals surface area contributed by atoms with Gasteiger partial charge in [0.1, 0.15) is 0 Å². The molecule has 0 aromatic rings. The summed E-state index contributed by atoms with van der Waals surface area (Å²) in [7, 11) is 0.